The van der Waals surface area contributed by atoms with Crippen LogP contribution in [0.5, 0.6) is 0 Å². The molecule has 0 amide bonds. The minimum absolute atomic E-state index is 0.792. The average Bonchev–Trinajstić information content (AvgIpc) is 2.18. The lowest BCUT2D eigenvalue weighted by Crippen LogP contribution is -2.31. The summed E-state index contributed by atoms with van der Waals surface area (Å²) in [6, 6.07) is 0. The third kappa shape index (κ3) is 9.71. The number of nitrogens with zero attached hydrogens (tertiary/aromatic N) is 1. The van der Waals surface area contributed by atoms with Gasteiger partial charge in [-0.3, -0.25) is 0 Å². The van der Waals surface area contributed by atoms with E-state index in [1.165, 1.54) is 6.42 Å². The van der Waals surface area contributed by atoms with Gasteiger partial charge < -0.3 is 15.0 Å². The third-order valence-electron chi connectivity index (χ3n) is 2.10. The molecule has 0 unspecified atom stereocenters. The van der Waals surface area contributed by atoms with E-state index >= 15 is 0 Å². The second-order valence-electron chi connectivity index (χ2n) is 3.48. The van der Waals surface area contributed by atoms with Gasteiger partial charge in [0.25, 0.3) is 0 Å². The minimum atomic E-state index is 0.792. The molecule has 0 aliphatic rings. The van der Waals surface area contributed by atoms with Gasteiger partial charge in [0.15, 0.2) is 0 Å². The SMILES string of the molecule is C=CCCCN(C)CCNCCOC. The number of nitrogens with one attached hydrogen (secondary N) is 1. The molecule has 0 saturated carbocycles. The monoisotopic (exact) mass is 200 g/mol. The number of methoxy groups -OCH3 is 1. The van der Waals surface area contributed by atoms with Gasteiger partial charge >= 0.3 is 0 Å². The Bertz CT molecular complexity index is 128. The Hall–Kier alpha value is -0.380. The molecule has 0 aliphatic carbocycles. The van der Waals surface area contributed by atoms with Gasteiger partial charge in [-0.1, -0.05) is 6.08 Å². The fourth-order valence-electron chi connectivity index (χ4n) is 1.19. The molecule has 1 N–H and O–H groups in total. The molecule has 3 nitrogen and oxygen atoms in total. The molecule has 0 aromatic rings. The Kier molecular flexibility index (Phi) is 10.4. The smallest absolute Gasteiger partial charge is 0.0587 e. The Morgan fingerprint density at radius 2 is 2.14 bits per heavy atom. The number of unbranched alkanes of at least 4 members (excludes halogenated alkanes) is 1. The number of rotatable bonds is 10. The van der Waals surface area contributed by atoms with Crippen molar-refractivity contribution in [3.63, 3.8) is 0 Å². The number of ether oxygens (including phenoxy) is 1. The van der Waals surface area contributed by atoms with E-state index in [2.05, 4.69) is 23.8 Å². The maximum atomic E-state index is 4.94. The van der Waals surface area contributed by atoms with E-state index < -0.39 is 0 Å². The van der Waals surface area contributed by atoms with Crippen molar-refractivity contribution in [3.05, 3.63) is 12.7 Å². The molecule has 0 fully saturated rings. The van der Waals surface area contributed by atoms with Crippen LogP contribution in [0.2, 0.25) is 0 Å². The summed E-state index contributed by atoms with van der Waals surface area (Å²) >= 11 is 0. The minimum Gasteiger partial charge on any atom is -0.383 e. The average molecular weight is 200 g/mol. The van der Waals surface area contributed by atoms with Crippen molar-refractivity contribution in [2.24, 2.45) is 0 Å². The summed E-state index contributed by atoms with van der Waals surface area (Å²) in [5.41, 5.74) is 0. The van der Waals surface area contributed by atoms with Gasteiger partial charge in [0.1, 0.15) is 0 Å². The largest absolute Gasteiger partial charge is 0.383 e. The van der Waals surface area contributed by atoms with Crippen molar-refractivity contribution in [1.29, 1.82) is 0 Å². The van der Waals surface area contributed by atoms with Gasteiger partial charge in [-0.15, -0.1) is 6.58 Å². The normalized spacial score (nSPS) is 10.8. The molecule has 14 heavy (non-hydrogen) atoms. The van der Waals surface area contributed by atoms with Crippen LogP contribution in [0.3, 0.4) is 0 Å². The zero-order valence-electron chi connectivity index (χ0n) is 9.59. The van der Waals surface area contributed by atoms with E-state index in [4.69, 9.17) is 4.74 Å². The zero-order chi connectivity index (χ0) is 10.6. The molecule has 0 saturated heterocycles. The van der Waals surface area contributed by atoms with E-state index in [-0.39, 0.29) is 0 Å². The fraction of sp³-hybridized carbons (Fsp3) is 0.818. The topological polar surface area (TPSA) is 24.5 Å². The van der Waals surface area contributed by atoms with Gasteiger partial charge in [0, 0.05) is 26.7 Å². The number of likely N-dealkylation sites (N-methyl/N-ethyl adjacent to an activating group) is 1. The first-order valence-electron chi connectivity index (χ1n) is 5.30. The predicted molar refractivity (Wildman–Crippen MR) is 61.7 cm³/mol. The molecule has 0 radical (unpaired) electrons. The molecule has 0 heterocycles. The molecule has 0 spiro atoms. The van der Waals surface area contributed by atoms with Crippen molar-refractivity contribution < 1.29 is 4.74 Å². The zero-order valence-corrected chi connectivity index (χ0v) is 9.59. The van der Waals surface area contributed by atoms with Crippen molar-refractivity contribution in [3.8, 4) is 0 Å². The molecule has 0 atom stereocenters. The molecule has 0 rings (SSSR count). The van der Waals surface area contributed by atoms with Gasteiger partial charge in [-0.2, -0.15) is 0 Å². The van der Waals surface area contributed by atoms with Gasteiger partial charge in [0.05, 0.1) is 6.61 Å². The molecule has 0 aliphatic heterocycles. The van der Waals surface area contributed by atoms with Crippen molar-refractivity contribution >= 4 is 0 Å². The number of hydrogen-bond acceptors (Lipinski definition) is 3. The third-order valence-corrected chi connectivity index (χ3v) is 2.10. The maximum Gasteiger partial charge on any atom is 0.0587 e. The van der Waals surface area contributed by atoms with Crippen LogP contribution >= 0.6 is 0 Å². The van der Waals surface area contributed by atoms with E-state index in [0.29, 0.717) is 0 Å². The summed E-state index contributed by atoms with van der Waals surface area (Å²) in [6.07, 6.45) is 4.30. The van der Waals surface area contributed by atoms with Crippen LogP contribution in [0.25, 0.3) is 0 Å². The van der Waals surface area contributed by atoms with E-state index in [1.807, 2.05) is 6.08 Å². The van der Waals surface area contributed by atoms with Gasteiger partial charge in [0.2, 0.25) is 0 Å². The highest BCUT2D eigenvalue weighted by molar-refractivity contribution is 4.67. The van der Waals surface area contributed by atoms with Gasteiger partial charge in [-0.25, -0.2) is 0 Å². The van der Waals surface area contributed by atoms with Crippen LogP contribution in [0.1, 0.15) is 12.8 Å². The second kappa shape index (κ2) is 10.7. The fourth-order valence-corrected chi connectivity index (χ4v) is 1.19. The first kappa shape index (κ1) is 13.6. The summed E-state index contributed by atoms with van der Waals surface area (Å²) in [5.74, 6) is 0. The molecule has 3 heteroatoms. The lowest BCUT2D eigenvalue weighted by atomic mass is 10.3. The standard InChI is InChI=1S/C11H24N2O/c1-4-5-6-9-13(2)10-7-12-8-11-14-3/h4,12H,1,5-11H2,2-3H3. The highest BCUT2D eigenvalue weighted by atomic mass is 16.5. The Balaban J connectivity index is 3.09. The number of allylic oxidation sites excluding steroid dienone is 1. The lowest BCUT2D eigenvalue weighted by molar-refractivity contribution is 0.198. The summed E-state index contributed by atoms with van der Waals surface area (Å²) in [5, 5.41) is 3.32. The Morgan fingerprint density at radius 1 is 1.36 bits per heavy atom. The lowest BCUT2D eigenvalue weighted by Gasteiger charge is -2.16. The van der Waals surface area contributed by atoms with Crippen LogP contribution in [0, 0.1) is 0 Å². The molecule has 84 valence electrons. The van der Waals surface area contributed by atoms with E-state index in [1.54, 1.807) is 7.11 Å². The first-order chi connectivity index (χ1) is 6.81. The van der Waals surface area contributed by atoms with Crippen LogP contribution in [0.4, 0.5) is 0 Å². The highest BCUT2D eigenvalue weighted by Crippen LogP contribution is 1.92. The summed E-state index contributed by atoms with van der Waals surface area (Å²) in [4.78, 5) is 2.34. The molecule has 0 bridgehead atoms. The van der Waals surface area contributed by atoms with Crippen molar-refractivity contribution in [2.75, 3.05) is 46.9 Å². The molecule has 0 aromatic carbocycles. The highest BCUT2D eigenvalue weighted by Gasteiger charge is 1.96. The number of hydrogen-bond donors (Lipinski definition) is 1. The van der Waals surface area contributed by atoms with Crippen molar-refractivity contribution in [1.82, 2.24) is 10.2 Å². The maximum absolute atomic E-state index is 4.94. The molecular formula is C11H24N2O. The predicted octanol–water partition coefficient (Wildman–Crippen LogP) is 1.12. The van der Waals surface area contributed by atoms with E-state index in [0.717, 1.165) is 39.2 Å². The molecular weight excluding hydrogens is 176 g/mol. The summed E-state index contributed by atoms with van der Waals surface area (Å²) < 4.78 is 4.94. The van der Waals surface area contributed by atoms with Crippen LogP contribution < -0.4 is 5.32 Å². The second-order valence-corrected chi connectivity index (χ2v) is 3.48. The van der Waals surface area contributed by atoms with Crippen LogP contribution in [0.15, 0.2) is 12.7 Å². The van der Waals surface area contributed by atoms with Crippen LogP contribution in [-0.2, 0) is 4.74 Å². The summed E-state index contributed by atoms with van der Waals surface area (Å²) in [6.45, 7) is 8.73. The summed E-state index contributed by atoms with van der Waals surface area (Å²) in [7, 11) is 3.88. The van der Waals surface area contributed by atoms with Crippen molar-refractivity contribution in [2.45, 2.75) is 12.8 Å². The van der Waals surface area contributed by atoms with Crippen LogP contribution in [-0.4, -0.2) is 51.8 Å². The Morgan fingerprint density at radius 3 is 2.79 bits per heavy atom. The van der Waals surface area contributed by atoms with E-state index in [9.17, 15) is 0 Å². The first-order valence-corrected chi connectivity index (χ1v) is 5.30. The van der Waals surface area contributed by atoms with Gasteiger partial charge in [-0.05, 0) is 26.4 Å². The molecule has 0 aromatic heterocycles. The Labute approximate surface area is 88.1 Å². The quantitative estimate of drug-likeness (QED) is 0.422.